The van der Waals surface area contributed by atoms with Crippen molar-refractivity contribution in [3.63, 3.8) is 0 Å². The standard InChI is InChI=1S/C11H24N2O2S/c1-3-8-16(14,15)13-11(9-12)7-5-4-6-10(11)2/h10,13H,3-9,12H2,1-2H3. The maximum absolute atomic E-state index is 11.8. The summed E-state index contributed by atoms with van der Waals surface area (Å²) in [6.07, 6.45) is 4.82. The first kappa shape index (κ1) is 13.9. The van der Waals surface area contributed by atoms with E-state index in [1.807, 2.05) is 6.92 Å². The molecule has 5 heteroatoms. The summed E-state index contributed by atoms with van der Waals surface area (Å²) in [5, 5.41) is 0. The summed E-state index contributed by atoms with van der Waals surface area (Å²) in [6, 6.07) is 0. The van der Waals surface area contributed by atoms with Crippen LogP contribution in [0.4, 0.5) is 0 Å². The third kappa shape index (κ3) is 3.18. The molecule has 4 nitrogen and oxygen atoms in total. The van der Waals surface area contributed by atoms with Crippen LogP contribution in [-0.4, -0.2) is 26.3 Å². The lowest BCUT2D eigenvalue weighted by molar-refractivity contribution is 0.191. The fourth-order valence-corrected chi connectivity index (χ4v) is 4.19. The van der Waals surface area contributed by atoms with Gasteiger partial charge in [-0.25, -0.2) is 13.1 Å². The minimum Gasteiger partial charge on any atom is -0.329 e. The van der Waals surface area contributed by atoms with Crippen molar-refractivity contribution in [1.29, 1.82) is 0 Å². The Kier molecular flexibility index (Phi) is 4.76. The molecule has 2 atom stereocenters. The van der Waals surface area contributed by atoms with E-state index in [9.17, 15) is 8.42 Å². The van der Waals surface area contributed by atoms with Crippen LogP contribution in [0.2, 0.25) is 0 Å². The average Bonchev–Trinajstić information content (AvgIpc) is 2.21. The molecule has 0 heterocycles. The molecule has 0 radical (unpaired) electrons. The fraction of sp³-hybridized carbons (Fsp3) is 1.00. The highest BCUT2D eigenvalue weighted by Gasteiger charge is 2.39. The Bertz CT molecular complexity index is 316. The van der Waals surface area contributed by atoms with E-state index < -0.39 is 15.6 Å². The molecule has 0 spiro atoms. The van der Waals surface area contributed by atoms with Crippen molar-refractivity contribution in [3.8, 4) is 0 Å². The van der Waals surface area contributed by atoms with Crippen molar-refractivity contribution in [2.45, 2.75) is 51.5 Å². The molecular formula is C11H24N2O2S. The topological polar surface area (TPSA) is 72.2 Å². The molecule has 1 saturated carbocycles. The van der Waals surface area contributed by atoms with Crippen molar-refractivity contribution >= 4 is 10.0 Å². The van der Waals surface area contributed by atoms with E-state index in [0.29, 0.717) is 18.9 Å². The van der Waals surface area contributed by atoms with Crippen LogP contribution in [0.15, 0.2) is 0 Å². The van der Waals surface area contributed by atoms with Gasteiger partial charge in [-0.3, -0.25) is 0 Å². The molecule has 0 aromatic carbocycles. The van der Waals surface area contributed by atoms with Gasteiger partial charge in [-0.1, -0.05) is 26.7 Å². The maximum atomic E-state index is 11.8. The fourth-order valence-electron chi connectivity index (χ4n) is 2.54. The van der Waals surface area contributed by atoms with Crippen molar-refractivity contribution in [1.82, 2.24) is 4.72 Å². The molecule has 96 valence electrons. The molecule has 3 N–H and O–H groups in total. The van der Waals surface area contributed by atoms with E-state index in [0.717, 1.165) is 19.3 Å². The van der Waals surface area contributed by atoms with Crippen LogP contribution in [-0.2, 0) is 10.0 Å². The van der Waals surface area contributed by atoms with Crippen LogP contribution in [0.3, 0.4) is 0 Å². The minimum atomic E-state index is -3.16. The molecule has 0 aliphatic heterocycles. The third-order valence-corrected chi connectivity index (χ3v) is 5.31. The zero-order chi connectivity index (χ0) is 12.2. The van der Waals surface area contributed by atoms with Crippen LogP contribution in [0.25, 0.3) is 0 Å². The summed E-state index contributed by atoms with van der Waals surface area (Å²) < 4.78 is 26.5. The molecule has 1 rings (SSSR count). The van der Waals surface area contributed by atoms with Crippen LogP contribution in [0.1, 0.15) is 46.0 Å². The maximum Gasteiger partial charge on any atom is 0.212 e. The van der Waals surface area contributed by atoms with E-state index in [2.05, 4.69) is 11.6 Å². The van der Waals surface area contributed by atoms with E-state index in [1.165, 1.54) is 6.42 Å². The molecule has 0 saturated heterocycles. The average molecular weight is 248 g/mol. The summed E-state index contributed by atoms with van der Waals surface area (Å²) in [5.74, 6) is 0.527. The minimum absolute atomic E-state index is 0.196. The second-order valence-corrected chi connectivity index (χ2v) is 6.77. The second kappa shape index (κ2) is 5.47. The van der Waals surface area contributed by atoms with E-state index in [1.54, 1.807) is 0 Å². The molecule has 0 aromatic rings. The summed E-state index contributed by atoms with van der Waals surface area (Å²) in [4.78, 5) is 0. The molecule has 0 amide bonds. The number of sulfonamides is 1. The Hall–Kier alpha value is -0.130. The first-order chi connectivity index (χ1) is 7.46. The summed E-state index contributed by atoms with van der Waals surface area (Å²) in [7, 11) is -3.16. The lowest BCUT2D eigenvalue weighted by atomic mass is 9.74. The number of hydrogen-bond acceptors (Lipinski definition) is 3. The van der Waals surface area contributed by atoms with E-state index in [-0.39, 0.29) is 5.75 Å². The normalized spacial score (nSPS) is 31.6. The summed E-state index contributed by atoms with van der Waals surface area (Å²) in [6.45, 7) is 4.37. The molecule has 1 aliphatic rings. The van der Waals surface area contributed by atoms with Gasteiger partial charge in [0.05, 0.1) is 5.75 Å². The summed E-state index contributed by atoms with van der Waals surface area (Å²) >= 11 is 0. The quantitative estimate of drug-likeness (QED) is 0.768. The molecule has 2 unspecified atom stereocenters. The van der Waals surface area contributed by atoms with Crippen molar-refractivity contribution < 1.29 is 8.42 Å². The zero-order valence-electron chi connectivity index (χ0n) is 10.3. The largest absolute Gasteiger partial charge is 0.329 e. The number of nitrogens with one attached hydrogen (secondary N) is 1. The molecule has 0 aromatic heterocycles. The number of nitrogens with two attached hydrogens (primary N) is 1. The monoisotopic (exact) mass is 248 g/mol. The molecule has 16 heavy (non-hydrogen) atoms. The Morgan fingerprint density at radius 1 is 1.44 bits per heavy atom. The van der Waals surface area contributed by atoms with Gasteiger partial charge in [-0.15, -0.1) is 0 Å². The number of hydrogen-bond donors (Lipinski definition) is 2. The molecule has 1 fully saturated rings. The van der Waals surface area contributed by atoms with Gasteiger partial charge in [-0.05, 0) is 25.2 Å². The van der Waals surface area contributed by atoms with Gasteiger partial charge in [0.25, 0.3) is 0 Å². The first-order valence-electron chi connectivity index (χ1n) is 6.17. The lowest BCUT2D eigenvalue weighted by Crippen LogP contribution is -2.59. The first-order valence-corrected chi connectivity index (χ1v) is 7.83. The molecule has 1 aliphatic carbocycles. The SMILES string of the molecule is CCCS(=O)(=O)NC1(CN)CCCCC1C. The van der Waals surface area contributed by atoms with Crippen molar-refractivity contribution in [2.75, 3.05) is 12.3 Å². The van der Waals surface area contributed by atoms with Gasteiger partial charge in [0.1, 0.15) is 0 Å². The summed E-state index contributed by atoms with van der Waals surface area (Å²) in [5.41, 5.74) is 5.41. The van der Waals surface area contributed by atoms with E-state index >= 15 is 0 Å². The Morgan fingerprint density at radius 2 is 2.12 bits per heavy atom. The Labute approximate surface area is 99.0 Å². The lowest BCUT2D eigenvalue weighted by Gasteiger charge is -2.42. The van der Waals surface area contributed by atoms with Gasteiger partial charge < -0.3 is 5.73 Å². The highest BCUT2D eigenvalue weighted by atomic mass is 32.2. The predicted octanol–water partition coefficient (Wildman–Crippen LogP) is 1.22. The van der Waals surface area contributed by atoms with Gasteiger partial charge in [0.2, 0.25) is 10.0 Å². The third-order valence-electron chi connectivity index (χ3n) is 3.65. The highest BCUT2D eigenvalue weighted by Crippen LogP contribution is 2.33. The smallest absolute Gasteiger partial charge is 0.212 e. The molecular weight excluding hydrogens is 224 g/mol. The second-order valence-electron chi connectivity index (χ2n) is 4.93. The van der Waals surface area contributed by atoms with Crippen molar-refractivity contribution in [3.05, 3.63) is 0 Å². The highest BCUT2D eigenvalue weighted by molar-refractivity contribution is 7.89. The predicted molar refractivity (Wildman–Crippen MR) is 66.6 cm³/mol. The van der Waals surface area contributed by atoms with Crippen LogP contribution < -0.4 is 10.5 Å². The van der Waals surface area contributed by atoms with E-state index in [4.69, 9.17) is 5.73 Å². The van der Waals surface area contributed by atoms with Gasteiger partial charge in [0, 0.05) is 12.1 Å². The number of rotatable bonds is 5. The van der Waals surface area contributed by atoms with Gasteiger partial charge >= 0.3 is 0 Å². The Balaban J connectivity index is 2.80. The van der Waals surface area contributed by atoms with Gasteiger partial charge in [-0.2, -0.15) is 0 Å². The van der Waals surface area contributed by atoms with Gasteiger partial charge in [0.15, 0.2) is 0 Å². The molecule has 0 bridgehead atoms. The van der Waals surface area contributed by atoms with Crippen LogP contribution in [0, 0.1) is 5.92 Å². The van der Waals surface area contributed by atoms with Crippen LogP contribution in [0.5, 0.6) is 0 Å². The Morgan fingerprint density at radius 3 is 2.62 bits per heavy atom. The van der Waals surface area contributed by atoms with Crippen LogP contribution >= 0.6 is 0 Å². The van der Waals surface area contributed by atoms with Crippen molar-refractivity contribution in [2.24, 2.45) is 11.7 Å². The zero-order valence-corrected chi connectivity index (χ0v) is 11.1.